The van der Waals surface area contributed by atoms with Gasteiger partial charge in [-0.2, -0.15) is 0 Å². The number of nitrogens with zero attached hydrogens (tertiary/aromatic N) is 1. The van der Waals surface area contributed by atoms with E-state index in [-0.39, 0.29) is 17.3 Å². The molecule has 5 aliphatic rings. The molecule has 7 rings (SSSR count). The van der Waals surface area contributed by atoms with Gasteiger partial charge < -0.3 is 14.2 Å². The number of carbonyl (C=O) groups excluding carboxylic acids is 2. The maximum absolute atomic E-state index is 13.4. The van der Waals surface area contributed by atoms with E-state index in [1.165, 1.54) is 43.0 Å². The quantitative estimate of drug-likeness (QED) is 0.162. The third kappa shape index (κ3) is 4.50. The number of halogens is 1. The van der Waals surface area contributed by atoms with Crippen LogP contribution in [0, 0.1) is 23.2 Å². The van der Waals surface area contributed by atoms with Crippen LogP contribution in [-0.2, 0) is 9.59 Å². The van der Waals surface area contributed by atoms with Crippen LogP contribution in [0.2, 0.25) is 5.02 Å². The normalized spacial score (nSPS) is 28.8. The Morgan fingerprint density at radius 1 is 1.00 bits per heavy atom. The lowest BCUT2D eigenvalue weighted by Gasteiger charge is -2.55. The van der Waals surface area contributed by atoms with E-state index >= 15 is 0 Å². The molecule has 0 aromatic heterocycles. The van der Waals surface area contributed by atoms with E-state index in [0.29, 0.717) is 54.9 Å². The molecule has 1 saturated heterocycles. The first kappa shape index (κ1) is 25.7. The summed E-state index contributed by atoms with van der Waals surface area (Å²) in [5.74, 6) is 2.99. The second-order valence-corrected chi connectivity index (χ2v) is 12.9. The fourth-order valence-corrected chi connectivity index (χ4v) is 8.61. The van der Waals surface area contributed by atoms with E-state index in [1.54, 1.807) is 43.5 Å². The first-order valence-corrected chi connectivity index (χ1v) is 14.4. The molecule has 0 unspecified atom stereocenters. The molecule has 6 nitrogen and oxygen atoms in total. The molecule has 4 aliphatic carbocycles. The number of hydrogen-bond donors (Lipinski definition) is 0. The van der Waals surface area contributed by atoms with Crippen molar-refractivity contribution in [2.45, 2.75) is 38.5 Å². The van der Waals surface area contributed by atoms with E-state index in [0.717, 1.165) is 24.8 Å². The van der Waals surface area contributed by atoms with Crippen LogP contribution in [-0.4, -0.2) is 30.4 Å². The van der Waals surface area contributed by atoms with Crippen molar-refractivity contribution < 1.29 is 23.8 Å². The number of benzene rings is 2. The Balaban J connectivity index is 1.21. The van der Waals surface area contributed by atoms with Gasteiger partial charge in [-0.1, -0.05) is 41.6 Å². The average molecular weight is 570 g/mol. The minimum atomic E-state index is -0.350. The Kier molecular flexibility index (Phi) is 6.69. The smallest absolute Gasteiger partial charge is 0.317 e. The van der Waals surface area contributed by atoms with Crippen molar-refractivity contribution in [1.82, 2.24) is 0 Å². The molecule has 2 aromatic rings. The second kappa shape index (κ2) is 9.88. The van der Waals surface area contributed by atoms with Crippen LogP contribution in [0.4, 0.5) is 5.69 Å². The number of rotatable bonds is 6. The molecule has 4 bridgehead atoms. The van der Waals surface area contributed by atoms with Crippen LogP contribution < -0.4 is 19.1 Å². The summed E-state index contributed by atoms with van der Waals surface area (Å²) >= 11 is 13.0. The maximum Gasteiger partial charge on any atom is 0.317 e. The average Bonchev–Trinajstić information content (AvgIpc) is 3.16. The summed E-state index contributed by atoms with van der Waals surface area (Å²) in [7, 11) is 3.08. The van der Waals surface area contributed by atoms with Crippen LogP contribution in [0.25, 0.3) is 6.08 Å². The molecule has 38 heavy (non-hydrogen) atoms. The van der Waals surface area contributed by atoms with Crippen molar-refractivity contribution in [1.29, 1.82) is 0 Å². The van der Waals surface area contributed by atoms with Gasteiger partial charge in [0.05, 0.1) is 35.2 Å². The number of carbonyl (C=O) groups is 2. The van der Waals surface area contributed by atoms with E-state index < -0.39 is 0 Å². The minimum absolute atomic E-state index is 0.123. The van der Waals surface area contributed by atoms with Gasteiger partial charge in [-0.05, 0) is 98.2 Å². The summed E-state index contributed by atoms with van der Waals surface area (Å²) in [6, 6.07) is 10.4. The molecule has 0 N–H and O–H groups in total. The summed E-state index contributed by atoms with van der Waals surface area (Å²) in [6.45, 7) is 0. The lowest BCUT2D eigenvalue weighted by atomic mass is 9.49. The maximum atomic E-state index is 13.4. The number of anilines is 1. The number of esters is 1. The highest BCUT2D eigenvalue weighted by molar-refractivity contribution is 8.27. The summed E-state index contributed by atoms with van der Waals surface area (Å²) in [5, 5.41) is 0.395. The molecule has 0 atom stereocenters. The van der Waals surface area contributed by atoms with Gasteiger partial charge in [-0.15, -0.1) is 0 Å². The molecule has 2 aromatic carbocycles. The fourth-order valence-electron chi connectivity index (χ4n) is 7.06. The Labute approximate surface area is 236 Å². The van der Waals surface area contributed by atoms with Gasteiger partial charge in [0.25, 0.3) is 5.91 Å². The van der Waals surface area contributed by atoms with E-state index in [4.69, 9.17) is 38.0 Å². The zero-order valence-corrected chi connectivity index (χ0v) is 23.6. The van der Waals surface area contributed by atoms with Crippen LogP contribution in [0.3, 0.4) is 0 Å². The van der Waals surface area contributed by atoms with Gasteiger partial charge in [0, 0.05) is 0 Å². The number of thiocarbonyl (C=S) groups is 1. The van der Waals surface area contributed by atoms with Crippen molar-refractivity contribution in [3.05, 3.63) is 51.9 Å². The highest BCUT2D eigenvalue weighted by atomic mass is 35.5. The topological polar surface area (TPSA) is 65.1 Å². The van der Waals surface area contributed by atoms with Crippen LogP contribution >= 0.6 is 35.6 Å². The summed E-state index contributed by atoms with van der Waals surface area (Å²) in [6.07, 6.45) is 8.39. The number of methoxy groups -OCH3 is 2. The van der Waals surface area contributed by atoms with E-state index in [9.17, 15) is 9.59 Å². The Morgan fingerprint density at radius 3 is 2.24 bits per heavy atom. The molecule has 5 fully saturated rings. The van der Waals surface area contributed by atoms with Crippen molar-refractivity contribution in [2.75, 3.05) is 19.1 Å². The number of hydrogen-bond acceptors (Lipinski definition) is 7. The molecule has 0 spiro atoms. The Morgan fingerprint density at radius 2 is 1.63 bits per heavy atom. The van der Waals surface area contributed by atoms with Crippen molar-refractivity contribution in [2.24, 2.45) is 23.2 Å². The molecule has 1 heterocycles. The predicted molar refractivity (Wildman–Crippen MR) is 153 cm³/mol. The summed E-state index contributed by atoms with van der Waals surface area (Å²) in [5.41, 5.74) is 0.965. The van der Waals surface area contributed by atoms with Crippen LogP contribution in [0.1, 0.15) is 44.1 Å². The first-order chi connectivity index (χ1) is 18.3. The molecule has 0 radical (unpaired) electrons. The summed E-state index contributed by atoms with van der Waals surface area (Å²) in [4.78, 5) is 28.6. The van der Waals surface area contributed by atoms with Gasteiger partial charge >= 0.3 is 5.97 Å². The second-order valence-electron chi connectivity index (χ2n) is 10.8. The third-order valence-corrected chi connectivity index (χ3v) is 9.94. The largest absolute Gasteiger partial charge is 0.495 e. The lowest BCUT2D eigenvalue weighted by molar-refractivity contribution is -0.161. The van der Waals surface area contributed by atoms with Gasteiger partial charge in [-0.3, -0.25) is 14.5 Å². The number of amides is 1. The van der Waals surface area contributed by atoms with Crippen molar-refractivity contribution in [3.8, 4) is 17.2 Å². The van der Waals surface area contributed by atoms with Crippen LogP contribution in [0.15, 0.2) is 41.3 Å². The fraction of sp³-hybridized carbons (Fsp3) is 0.414. The SMILES string of the molecule is COc1ccc(N2C(=O)/C(=C/c3ccc(OC(=O)C45CC6CC(CC(C6)C4)C5)c(OC)c3)SC2=S)cc1Cl. The Bertz CT molecular complexity index is 1340. The standard InChI is InChI=1S/C29H28ClNO5S2/c1-34-22-6-4-20(12-21(22)30)31-26(32)25(38-28(31)37)11-16-3-5-23(24(10-16)35-2)36-27(33)29-13-17-7-18(14-29)9-19(8-17)15-29/h3-6,10-12,17-19H,7-9,13-15H2,1-2H3/b25-11-. The van der Waals surface area contributed by atoms with Gasteiger partial charge in [0.15, 0.2) is 15.8 Å². The van der Waals surface area contributed by atoms with Crippen molar-refractivity contribution in [3.63, 3.8) is 0 Å². The highest BCUT2D eigenvalue weighted by Crippen LogP contribution is 2.60. The number of ether oxygens (including phenoxy) is 3. The lowest BCUT2D eigenvalue weighted by Crippen LogP contribution is -2.51. The zero-order valence-electron chi connectivity index (χ0n) is 21.2. The van der Waals surface area contributed by atoms with Gasteiger partial charge in [0.2, 0.25) is 0 Å². The molecule has 1 aliphatic heterocycles. The molecular weight excluding hydrogens is 542 g/mol. The summed E-state index contributed by atoms with van der Waals surface area (Å²) < 4.78 is 17.2. The van der Waals surface area contributed by atoms with E-state index in [2.05, 4.69) is 0 Å². The monoisotopic (exact) mass is 569 g/mol. The van der Waals surface area contributed by atoms with E-state index in [1.807, 2.05) is 6.07 Å². The predicted octanol–water partition coefficient (Wildman–Crippen LogP) is 6.88. The molecular formula is C29H28ClNO5S2. The minimum Gasteiger partial charge on any atom is -0.495 e. The first-order valence-electron chi connectivity index (χ1n) is 12.8. The van der Waals surface area contributed by atoms with Crippen LogP contribution in [0.5, 0.6) is 17.2 Å². The van der Waals surface area contributed by atoms with Gasteiger partial charge in [-0.25, -0.2) is 0 Å². The van der Waals surface area contributed by atoms with Gasteiger partial charge in [0.1, 0.15) is 5.75 Å². The zero-order chi connectivity index (χ0) is 26.6. The Hall–Kier alpha value is -2.55. The van der Waals surface area contributed by atoms with Crippen molar-refractivity contribution >= 4 is 63.5 Å². The highest BCUT2D eigenvalue weighted by Gasteiger charge is 2.55. The number of thioether (sulfide) groups is 1. The molecule has 9 heteroatoms. The molecule has 4 saturated carbocycles. The molecule has 198 valence electrons. The third-order valence-electron chi connectivity index (χ3n) is 8.35. The molecule has 1 amide bonds.